The van der Waals surface area contributed by atoms with E-state index in [2.05, 4.69) is 9.97 Å². The van der Waals surface area contributed by atoms with E-state index in [4.69, 9.17) is 5.11 Å². The molecular weight excluding hydrogens is 356 g/mol. The molecule has 3 rings (SSSR count). The molecule has 0 radical (unpaired) electrons. The van der Waals surface area contributed by atoms with Gasteiger partial charge in [-0.3, -0.25) is 9.78 Å². The molecule has 0 atom stereocenters. The lowest BCUT2D eigenvalue weighted by molar-refractivity contribution is -0.136. The molecule has 1 aliphatic rings. The first-order valence-corrected chi connectivity index (χ1v) is 9.64. The van der Waals surface area contributed by atoms with E-state index in [-0.39, 0.29) is 11.3 Å². The SMILES string of the molecule is Cc1ccc(S(=O)(=O)N2CCN(c3cnccn3)CC2)cc1CC(=O)O. The molecule has 0 saturated carbocycles. The van der Waals surface area contributed by atoms with Gasteiger partial charge < -0.3 is 10.0 Å². The van der Waals surface area contributed by atoms with Crippen LogP contribution in [0.3, 0.4) is 0 Å². The van der Waals surface area contributed by atoms with Crippen LogP contribution in [-0.2, 0) is 21.2 Å². The number of sulfonamides is 1. The molecule has 26 heavy (non-hydrogen) atoms. The van der Waals surface area contributed by atoms with E-state index >= 15 is 0 Å². The number of aliphatic carboxylic acids is 1. The van der Waals surface area contributed by atoms with Crippen LogP contribution in [0.4, 0.5) is 5.82 Å². The summed E-state index contributed by atoms with van der Waals surface area (Å²) in [5.74, 6) is -0.260. The summed E-state index contributed by atoms with van der Waals surface area (Å²) < 4.78 is 27.2. The average Bonchev–Trinajstić information content (AvgIpc) is 2.64. The van der Waals surface area contributed by atoms with E-state index < -0.39 is 16.0 Å². The van der Waals surface area contributed by atoms with Crippen LogP contribution in [0, 0.1) is 6.92 Å². The second-order valence-electron chi connectivity index (χ2n) is 6.11. The van der Waals surface area contributed by atoms with Crippen molar-refractivity contribution in [3.8, 4) is 0 Å². The Hall–Kier alpha value is -2.52. The third kappa shape index (κ3) is 3.83. The molecule has 1 aromatic carbocycles. The molecule has 0 spiro atoms. The number of nitrogens with zero attached hydrogens (tertiary/aromatic N) is 4. The van der Waals surface area contributed by atoms with Crippen LogP contribution in [0.2, 0.25) is 0 Å². The fourth-order valence-corrected chi connectivity index (χ4v) is 4.40. The van der Waals surface area contributed by atoms with Gasteiger partial charge in [0.05, 0.1) is 17.5 Å². The van der Waals surface area contributed by atoms with Crippen molar-refractivity contribution in [3.05, 3.63) is 47.9 Å². The van der Waals surface area contributed by atoms with Crippen molar-refractivity contribution in [1.82, 2.24) is 14.3 Å². The van der Waals surface area contributed by atoms with E-state index in [0.717, 1.165) is 11.4 Å². The normalized spacial score (nSPS) is 15.8. The third-order valence-corrected chi connectivity index (χ3v) is 6.31. The molecule has 0 bridgehead atoms. The Morgan fingerprint density at radius 1 is 1.19 bits per heavy atom. The summed E-state index contributed by atoms with van der Waals surface area (Å²) in [5, 5.41) is 8.99. The Balaban J connectivity index is 1.76. The van der Waals surface area contributed by atoms with Crippen LogP contribution in [0.25, 0.3) is 0 Å². The fraction of sp³-hybridized carbons (Fsp3) is 0.353. The highest BCUT2D eigenvalue weighted by Crippen LogP contribution is 2.22. The van der Waals surface area contributed by atoms with Gasteiger partial charge in [0.15, 0.2) is 0 Å². The highest BCUT2D eigenvalue weighted by molar-refractivity contribution is 7.89. The van der Waals surface area contributed by atoms with Gasteiger partial charge in [0, 0.05) is 38.6 Å². The van der Waals surface area contributed by atoms with Crippen molar-refractivity contribution in [2.45, 2.75) is 18.2 Å². The molecule has 0 amide bonds. The van der Waals surface area contributed by atoms with Crippen molar-refractivity contribution in [1.29, 1.82) is 0 Å². The summed E-state index contributed by atoms with van der Waals surface area (Å²) in [4.78, 5) is 21.4. The van der Waals surface area contributed by atoms with Crippen LogP contribution in [-0.4, -0.2) is 59.9 Å². The maximum absolute atomic E-state index is 12.9. The molecule has 1 fully saturated rings. The van der Waals surface area contributed by atoms with E-state index in [0.29, 0.717) is 31.7 Å². The van der Waals surface area contributed by atoms with Gasteiger partial charge >= 0.3 is 5.97 Å². The van der Waals surface area contributed by atoms with Gasteiger partial charge in [-0.05, 0) is 30.2 Å². The summed E-state index contributed by atoms with van der Waals surface area (Å²) in [6.07, 6.45) is 4.66. The molecule has 0 unspecified atom stereocenters. The van der Waals surface area contributed by atoms with Crippen LogP contribution < -0.4 is 4.90 Å². The predicted molar refractivity (Wildman–Crippen MR) is 95.5 cm³/mol. The zero-order valence-corrected chi connectivity index (χ0v) is 15.2. The van der Waals surface area contributed by atoms with Crippen molar-refractivity contribution in [3.63, 3.8) is 0 Å². The zero-order valence-electron chi connectivity index (χ0n) is 14.4. The smallest absolute Gasteiger partial charge is 0.307 e. The molecule has 138 valence electrons. The first-order valence-electron chi connectivity index (χ1n) is 8.20. The van der Waals surface area contributed by atoms with Gasteiger partial charge in [0.25, 0.3) is 0 Å². The quantitative estimate of drug-likeness (QED) is 0.827. The number of rotatable bonds is 5. The van der Waals surface area contributed by atoms with E-state index in [1.807, 2.05) is 4.90 Å². The minimum Gasteiger partial charge on any atom is -0.481 e. The number of piperazine rings is 1. The minimum atomic E-state index is -3.67. The number of benzene rings is 1. The second-order valence-corrected chi connectivity index (χ2v) is 8.05. The van der Waals surface area contributed by atoms with Gasteiger partial charge in [-0.2, -0.15) is 4.31 Å². The number of hydrogen-bond acceptors (Lipinski definition) is 6. The molecule has 1 aliphatic heterocycles. The van der Waals surface area contributed by atoms with Gasteiger partial charge in [-0.1, -0.05) is 6.07 Å². The lowest BCUT2D eigenvalue weighted by Gasteiger charge is -2.34. The first-order chi connectivity index (χ1) is 12.4. The Morgan fingerprint density at radius 2 is 1.92 bits per heavy atom. The number of carboxylic acid groups (broad SMARTS) is 1. The average molecular weight is 376 g/mol. The molecule has 1 N–H and O–H groups in total. The van der Waals surface area contributed by atoms with Crippen LogP contribution >= 0.6 is 0 Å². The van der Waals surface area contributed by atoms with Gasteiger partial charge in [0.1, 0.15) is 5.82 Å². The van der Waals surface area contributed by atoms with Crippen LogP contribution in [0.1, 0.15) is 11.1 Å². The summed E-state index contributed by atoms with van der Waals surface area (Å²) in [6.45, 7) is 3.48. The summed E-state index contributed by atoms with van der Waals surface area (Å²) in [5.41, 5.74) is 1.27. The van der Waals surface area contributed by atoms with E-state index in [1.54, 1.807) is 31.6 Å². The Bertz CT molecular complexity index is 894. The van der Waals surface area contributed by atoms with E-state index in [9.17, 15) is 13.2 Å². The number of carboxylic acids is 1. The van der Waals surface area contributed by atoms with Crippen molar-refractivity contribution in [2.24, 2.45) is 0 Å². The first kappa shape index (κ1) is 18.3. The number of aromatic nitrogens is 2. The molecule has 8 nitrogen and oxygen atoms in total. The molecular formula is C17H20N4O4S. The third-order valence-electron chi connectivity index (χ3n) is 4.41. The lowest BCUT2D eigenvalue weighted by Crippen LogP contribution is -2.48. The summed E-state index contributed by atoms with van der Waals surface area (Å²) in [7, 11) is -3.67. The second kappa shape index (κ2) is 7.38. The number of anilines is 1. The molecule has 2 heterocycles. The van der Waals surface area contributed by atoms with E-state index in [1.165, 1.54) is 16.4 Å². The maximum Gasteiger partial charge on any atom is 0.307 e. The predicted octanol–water partition coefficient (Wildman–Crippen LogP) is 0.923. The van der Waals surface area contributed by atoms with Gasteiger partial charge in [0.2, 0.25) is 10.0 Å². The molecule has 1 saturated heterocycles. The fourth-order valence-electron chi connectivity index (χ4n) is 2.92. The minimum absolute atomic E-state index is 0.132. The molecule has 0 aliphatic carbocycles. The monoisotopic (exact) mass is 376 g/mol. The number of carbonyl (C=O) groups is 1. The Morgan fingerprint density at radius 3 is 2.54 bits per heavy atom. The molecule has 2 aromatic rings. The zero-order chi connectivity index (χ0) is 18.7. The van der Waals surface area contributed by atoms with Crippen LogP contribution in [0.15, 0.2) is 41.7 Å². The highest BCUT2D eigenvalue weighted by atomic mass is 32.2. The van der Waals surface area contributed by atoms with Crippen molar-refractivity contribution >= 4 is 21.8 Å². The largest absolute Gasteiger partial charge is 0.481 e. The van der Waals surface area contributed by atoms with Crippen molar-refractivity contribution < 1.29 is 18.3 Å². The highest BCUT2D eigenvalue weighted by Gasteiger charge is 2.29. The molecule has 1 aromatic heterocycles. The van der Waals surface area contributed by atoms with Crippen LogP contribution in [0.5, 0.6) is 0 Å². The van der Waals surface area contributed by atoms with Gasteiger partial charge in [-0.25, -0.2) is 13.4 Å². The number of hydrogen-bond donors (Lipinski definition) is 1. The van der Waals surface area contributed by atoms with Crippen molar-refractivity contribution in [2.75, 3.05) is 31.1 Å². The molecule has 9 heteroatoms. The summed E-state index contributed by atoms with van der Waals surface area (Å²) >= 11 is 0. The topological polar surface area (TPSA) is 104 Å². The number of aryl methyl sites for hydroxylation is 1. The standard InChI is InChI=1S/C17H20N4O4S/c1-13-2-3-15(10-14(13)11-17(22)23)26(24,25)21-8-6-20(7-9-21)16-12-18-4-5-19-16/h2-5,10,12H,6-9,11H2,1H3,(H,22,23). The Kier molecular flexibility index (Phi) is 5.19. The summed E-state index contributed by atoms with van der Waals surface area (Å²) in [6, 6.07) is 4.65. The Labute approximate surface area is 152 Å². The maximum atomic E-state index is 12.9. The lowest BCUT2D eigenvalue weighted by atomic mass is 10.1. The van der Waals surface area contributed by atoms with Gasteiger partial charge in [-0.15, -0.1) is 0 Å².